The van der Waals surface area contributed by atoms with Gasteiger partial charge in [0, 0.05) is 13.2 Å². The van der Waals surface area contributed by atoms with Crippen LogP contribution in [0.3, 0.4) is 0 Å². The molecule has 1 fully saturated rings. The highest BCUT2D eigenvalue weighted by atomic mass is 16.5. The largest absolute Gasteiger partial charge is 0.381 e. The van der Waals surface area contributed by atoms with E-state index in [2.05, 4.69) is 41.5 Å². The van der Waals surface area contributed by atoms with Crippen molar-refractivity contribution >= 4 is 0 Å². The van der Waals surface area contributed by atoms with Crippen LogP contribution in [0, 0.1) is 22.7 Å². The molecule has 1 aliphatic heterocycles. The summed E-state index contributed by atoms with van der Waals surface area (Å²) in [5, 5.41) is 0. The van der Waals surface area contributed by atoms with E-state index in [9.17, 15) is 0 Å². The van der Waals surface area contributed by atoms with E-state index in [-0.39, 0.29) is 0 Å². The maximum Gasteiger partial charge on any atom is 0.0468 e. The smallest absolute Gasteiger partial charge is 0.0468 e. The van der Waals surface area contributed by atoms with Crippen LogP contribution in [-0.2, 0) is 4.74 Å². The zero-order chi connectivity index (χ0) is 11.7. The summed E-state index contributed by atoms with van der Waals surface area (Å²) in [6.07, 6.45) is 2.46. The molecule has 0 aromatic rings. The molecule has 0 bridgehead atoms. The molecule has 1 saturated heterocycles. The first-order chi connectivity index (χ1) is 6.73. The molecule has 1 heterocycles. The Balaban J connectivity index is 2.86. The minimum Gasteiger partial charge on any atom is -0.381 e. The van der Waals surface area contributed by atoms with Gasteiger partial charge in [0.1, 0.15) is 0 Å². The lowest BCUT2D eigenvalue weighted by molar-refractivity contribution is 0.0684. The van der Waals surface area contributed by atoms with Gasteiger partial charge in [-0.15, -0.1) is 0 Å². The summed E-state index contributed by atoms with van der Waals surface area (Å²) in [7, 11) is 0. The molecule has 1 heteroatoms. The van der Waals surface area contributed by atoms with Crippen molar-refractivity contribution in [3.63, 3.8) is 0 Å². The molecular formula is C14H28O. The summed E-state index contributed by atoms with van der Waals surface area (Å²) in [5.41, 5.74) is 0.817. The second-order valence-corrected chi connectivity index (χ2v) is 7.13. The van der Waals surface area contributed by atoms with Gasteiger partial charge in [-0.1, -0.05) is 41.5 Å². The summed E-state index contributed by atoms with van der Waals surface area (Å²) >= 11 is 0. The molecule has 0 saturated carbocycles. The predicted molar refractivity (Wildman–Crippen MR) is 65.9 cm³/mol. The van der Waals surface area contributed by atoms with E-state index < -0.39 is 0 Å². The molecule has 0 aliphatic carbocycles. The second kappa shape index (κ2) is 4.45. The van der Waals surface area contributed by atoms with E-state index in [0.717, 1.165) is 25.0 Å². The SMILES string of the molecule is CC(C)(C)C1CCOCCC1C(C)(C)C. The second-order valence-electron chi connectivity index (χ2n) is 7.13. The fraction of sp³-hybridized carbons (Fsp3) is 1.00. The van der Waals surface area contributed by atoms with Crippen LogP contribution in [-0.4, -0.2) is 13.2 Å². The summed E-state index contributed by atoms with van der Waals surface area (Å²) < 4.78 is 5.65. The topological polar surface area (TPSA) is 9.23 Å². The van der Waals surface area contributed by atoms with Gasteiger partial charge in [-0.2, -0.15) is 0 Å². The molecule has 0 radical (unpaired) electrons. The Hall–Kier alpha value is -0.0400. The number of hydrogen-bond acceptors (Lipinski definition) is 1. The van der Waals surface area contributed by atoms with Crippen molar-refractivity contribution < 1.29 is 4.74 Å². The molecule has 2 atom stereocenters. The van der Waals surface area contributed by atoms with Crippen molar-refractivity contribution in [2.75, 3.05) is 13.2 Å². The Bertz CT molecular complexity index is 172. The van der Waals surface area contributed by atoms with Crippen molar-refractivity contribution in [1.82, 2.24) is 0 Å². The fourth-order valence-corrected chi connectivity index (χ4v) is 3.00. The Labute approximate surface area is 95.6 Å². The third-order valence-corrected chi connectivity index (χ3v) is 3.86. The van der Waals surface area contributed by atoms with Crippen molar-refractivity contribution in [2.24, 2.45) is 22.7 Å². The third-order valence-electron chi connectivity index (χ3n) is 3.86. The molecule has 0 N–H and O–H groups in total. The van der Waals surface area contributed by atoms with Gasteiger partial charge in [-0.3, -0.25) is 0 Å². The molecule has 0 spiro atoms. The molecule has 2 unspecified atom stereocenters. The highest BCUT2D eigenvalue weighted by molar-refractivity contribution is 4.88. The minimum absolute atomic E-state index is 0.408. The third kappa shape index (κ3) is 3.48. The zero-order valence-electron chi connectivity index (χ0n) is 11.4. The van der Waals surface area contributed by atoms with Crippen LogP contribution in [0.4, 0.5) is 0 Å². The molecule has 1 aliphatic rings. The molecule has 90 valence electrons. The molecule has 1 rings (SSSR count). The maximum absolute atomic E-state index is 5.65. The van der Waals surface area contributed by atoms with Crippen LogP contribution in [0.2, 0.25) is 0 Å². The van der Waals surface area contributed by atoms with E-state index in [1.165, 1.54) is 12.8 Å². The highest BCUT2D eigenvalue weighted by Gasteiger charge is 2.39. The molecule has 15 heavy (non-hydrogen) atoms. The summed E-state index contributed by atoms with van der Waals surface area (Å²) in [6.45, 7) is 16.2. The van der Waals surface area contributed by atoms with Gasteiger partial charge in [0.05, 0.1) is 0 Å². The van der Waals surface area contributed by atoms with Crippen LogP contribution in [0.1, 0.15) is 54.4 Å². The Morgan fingerprint density at radius 2 is 1.07 bits per heavy atom. The van der Waals surface area contributed by atoms with Gasteiger partial charge in [0.2, 0.25) is 0 Å². The Kier molecular flexibility index (Phi) is 3.86. The van der Waals surface area contributed by atoms with Gasteiger partial charge >= 0.3 is 0 Å². The van der Waals surface area contributed by atoms with E-state index in [1.807, 2.05) is 0 Å². The van der Waals surface area contributed by atoms with Crippen LogP contribution < -0.4 is 0 Å². The van der Waals surface area contributed by atoms with E-state index in [4.69, 9.17) is 4.74 Å². The quantitative estimate of drug-likeness (QED) is 0.587. The first kappa shape index (κ1) is 13.0. The number of hydrogen-bond donors (Lipinski definition) is 0. The van der Waals surface area contributed by atoms with Crippen LogP contribution in [0.5, 0.6) is 0 Å². The summed E-state index contributed by atoms with van der Waals surface area (Å²) in [6, 6.07) is 0. The normalized spacial score (nSPS) is 30.0. The van der Waals surface area contributed by atoms with Gasteiger partial charge in [-0.05, 0) is 35.5 Å². The van der Waals surface area contributed by atoms with Crippen LogP contribution in [0.25, 0.3) is 0 Å². The number of rotatable bonds is 0. The molecule has 1 nitrogen and oxygen atoms in total. The number of ether oxygens (including phenoxy) is 1. The molecular weight excluding hydrogens is 184 g/mol. The van der Waals surface area contributed by atoms with E-state index >= 15 is 0 Å². The monoisotopic (exact) mass is 212 g/mol. The summed E-state index contributed by atoms with van der Waals surface area (Å²) in [4.78, 5) is 0. The minimum atomic E-state index is 0.408. The lowest BCUT2D eigenvalue weighted by Crippen LogP contribution is -2.35. The van der Waals surface area contributed by atoms with Crippen molar-refractivity contribution in [3.05, 3.63) is 0 Å². The highest BCUT2D eigenvalue weighted by Crippen LogP contribution is 2.45. The van der Waals surface area contributed by atoms with Gasteiger partial charge in [0.25, 0.3) is 0 Å². The summed E-state index contributed by atoms with van der Waals surface area (Å²) in [5.74, 6) is 1.58. The van der Waals surface area contributed by atoms with Gasteiger partial charge in [0.15, 0.2) is 0 Å². The lowest BCUT2D eigenvalue weighted by Gasteiger charge is -2.42. The van der Waals surface area contributed by atoms with Crippen molar-refractivity contribution in [3.8, 4) is 0 Å². The zero-order valence-corrected chi connectivity index (χ0v) is 11.4. The first-order valence-corrected chi connectivity index (χ1v) is 6.30. The van der Waals surface area contributed by atoms with Crippen molar-refractivity contribution in [1.29, 1.82) is 0 Å². The molecule has 0 amide bonds. The fourth-order valence-electron chi connectivity index (χ4n) is 3.00. The van der Waals surface area contributed by atoms with Gasteiger partial charge in [-0.25, -0.2) is 0 Å². The van der Waals surface area contributed by atoms with E-state index in [1.54, 1.807) is 0 Å². The lowest BCUT2D eigenvalue weighted by atomic mass is 9.62. The predicted octanol–water partition coefficient (Wildman–Crippen LogP) is 4.12. The average Bonchev–Trinajstić information content (AvgIpc) is 2.24. The molecule has 0 aromatic heterocycles. The van der Waals surface area contributed by atoms with Crippen LogP contribution >= 0.6 is 0 Å². The Morgan fingerprint density at radius 1 is 0.733 bits per heavy atom. The molecule has 0 aromatic carbocycles. The van der Waals surface area contributed by atoms with Crippen molar-refractivity contribution in [2.45, 2.75) is 54.4 Å². The van der Waals surface area contributed by atoms with Crippen LogP contribution in [0.15, 0.2) is 0 Å². The maximum atomic E-state index is 5.65. The average molecular weight is 212 g/mol. The Morgan fingerprint density at radius 3 is 1.33 bits per heavy atom. The standard InChI is InChI=1S/C14H28O/c1-13(2,3)11-7-9-15-10-8-12(11)14(4,5)6/h11-12H,7-10H2,1-6H3. The first-order valence-electron chi connectivity index (χ1n) is 6.30. The van der Waals surface area contributed by atoms with Gasteiger partial charge < -0.3 is 4.74 Å². The van der Waals surface area contributed by atoms with E-state index in [0.29, 0.717) is 10.8 Å².